The van der Waals surface area contributed by atoms with E-state index in [0.717, 1.165) is 28.5 Å². The summed E-state index contributed by atoms with van der Waals surface area (Å²) in [6.45, 7) is 0. The largest absolute Gasteiger partial charge is 0.480 e. The molecule has 0 spiro atoms. The molecule has 2 N–H and O–H groups in total. The van der Waals surface area contributed by atoms with Crippen molar-refractivity contribution >= 4 is 28.3 Å². The molecule has 0 aliphatic rings. The van der Waals surface area contributed by atoms with Gasteiger partial charge >= 0.3 is 11.7 Å². The number of halogens is 1. The summed E-state index contributed by atoms with van der Waals surface area (Å²) in [5.41, 5.74) is 0.216. The topological polar surface area (TPSA) is 110 Å². The summed E-state index contributed by atoms with van der Waals surface area (Å²) in [6.07, 6.45) is -0.224. The minimum absolute atomic E-state index is 0.0157. The Labute approximate surface area is 164 Å². The van der Waals surface area contributed by atoms with Gasteiger partial charge in [0.25, 0.3) is 0 Å². The van der Waals surface area contributed by atoms with Crippen molar-refractivity contribution in [3.8, 4) is 0 Å². The van der Waals surface area contributed by atoms with Crippen molar-refractivity contribution in [2.24, 2.45) is 0 Å². The average Bonchev–Trinajstić information content (AvgIpc) is 2.68. The third kappa shape index (κ3) is 4.92. The number of amides is 1. The molecule has 29 heavy (non-hydrogen) atoms. The predicted molar refractivity (Wildman–Crippen MR) is 104 cm³/mol. The smallest absolute Gasteiger partial charge is 0.326 e. The minimum atomic E-state index is -1.30. The van der Waals surface area contributed by atoms with Crippen LogP contribution in [-0.2, 0) is 22.4 Å². The molecule has 1 atom stereocenters. The molecule has 0 bridgehead atoms. The van der Waals surface area contributed by atoms with Crippen LogP contribution >= 0.6 is 0 Å². The SMILES string of the molecule is O=C(Cc1ccc2ccccc2c1)N[C@@H](Cc1ccc(F)c([N+](=O)[O-])c1)C(=O)O. The lowest BCUT2D eigenvalue weighted by molar-refractivity contribution is -0.387. The number of hydrogen-bond acceptors (Lipinski definition) is 4. The predicted octanol–water partition coefficient (Wildman–Crippen LogP) is 3.24. The van der Waals surface area contributed by atoms with E-state index in [1.54, 1.807) is 6.07 Å². The Balaban J connectivity index is 1.71. The summed E-state index contributed by atoms with van der Waals surface area (Å²) in [4.78, 5) is 33.8. The number of benzene rings is 3. The molecule has 0 heterocycles. The molecule has 0 radical (unpaired) electrons. The molecule has 0 fully saturated rings. The van der Waals surface area contributed by atoms with Crippen LogP contribution in [0.5, 0.6) is 0 Å². The Morgan fingerprint density at radius 1 is 1.03 bits per heavy atom. The zero-order chi connectivity index (χ0) is 21.0. The molecule has 8 heteroatoms. The lowest BCUT2D eigenvalue weighted by Gasteiger charge is -2.15. The number of nitrogens with zero attached hydrogens (tertiary/aromatic N) is 1. The molecule has 0 aromatic heterocycles. The summed E-state index contributed by atoms with van der Waals surface area (Å²) in [5, 5.41) is 24.7. The molecule has 0 aliphatic carbocycles. The molecule has 148 valence electrons. The summed E-state index contributed by atoms with van der Waals surface area (Å²) >= 11 is 0. The van der Waals surface area contributed by atoms with Gasteiger partial charge in [-0.25, -0.2) is 4.79 Å². The maximum atomic E-state index is 13.5. The highest BCUT2D eigenvalue weighted by atomic mass is 19.1. The number of fused-ring (bicyclic) bond motifs is 1. The van der Waals surface area contributed by atoms with Crippen LogP contribution in [0.3, 0.4) is 0 Å². The van der Waals surface area contributed by atoms with Gasteiger partial charge in [-0.1, -0.05) is 48.5 Å². The highest BCUT2D eigenvalue weighted by Crippen LogP contribution is 2.20. The number of rotatable bonds is 7. The van der Waals surface area contributed by atoms with Gasteiger partial charge in [0.2, 0.25) is 11.7 Å². The van der Waals surface area contributed by atoms with Gasteiger partial charge in [-0.05, 0) is 28.0 Å². The number of carboxylic acid groups (broad SMARTS) is 1. The van der Waals surface area contributed by atoms with Crippen LogP contribution in [0.2, 0.25) is 0 Å². The molecular weight excluding hydrogens is 379 g/mol. The van der Waals surface area contributed by atoms with Crippen molar-refractivity contribution in [2.75, 3.05) is 0 Å². The molecule has 0 aliphatic heterocycles. The van der Waals surface area contributed by atoms with Crippen molar-refractivity contribution < 1.29 is 24.0 Å². The fourth-order valence-electron chi connectivity index (χ4n) is 3.04. The van der Waals surface area contributed by atoms with E-state index < -0.39 is 34.3 Å². The van der Waals surface area contributed by atoms with Crippen LogP contribution in [0.1, 0.15) is 11.1 Å². The molecule has 3 aromatic carbocycles. The maximum absolute atomic E-state index is 13.5. The molecule has 0 saturated heterocycles. The quantitative estimate of drug-likeness (QED) is 0.471. The maximum Gasteiger partial charge on any atom is 0.326 e. The number of hydrogen-bond donors (Lipinski definition) is 2. The van der Waals surface area contributed by atoms with Crippen LogP contribution in [0.4, 0.5) is 10.1 Å². The van der Waals surface area contributed by atoms with E-state index in [1.807, 2.05) is 36.4 Å². The number of aliphatic carboxylic acids is 1. The standard InChI is InChI=1S/C21H17FN2O5/c22-17-8-6-14(11-19(17)24(28)29)10-18(21(26)27)23-20(25)12-13-5-7-15-3-1-2-4-16(15)9-13/h1-9,11,18H,10,12H2,(H,23,25)(H,26,27)/t18-/m0/s1. The van der Waals surface area contributed by atoms with Crippen LogP contribution < -0.4 is 5.32 Å². The first kappa shape index (κ1) is 19.9. The third-order valence-corrected chi connectivity index (χ3v) is 4.46. The second kappa shape index (κ2) is 8.47. The van der Waals surface area contributed by atoms with Crippen molar-refractivity contribution in [2.45, 2.75) is 18.9 Å². The number of nitro benzene ring substituents is 1. The third-order valence-electron chi connectivity index (χ3n) is 4.46. The van der Waals surface area contributed by atoms with E-state index in [1.165, 1.54) is 6.07 Å². The second-order valence-corrected chi connectivity index (χ2v) is 6.56. The average molecular weight is 396 g/mol. The van der Waals surface area contributed by atoms with Crippen LogP contribution in [-0.4, -0.2) is 27.9 Å². The highest BCUT2D eigenvalue weighted by molar-refractivity contribution is 5.87. The van der Waals surface area contributed by atoms with E-state index in [0.29, 0.717) is 0 Å². The zero-order valence-electron chi connectivity index (χ0n) is 15.2. The fourth-order valence-corrected chi connectivity index (χ4v) is 3.04. The second-order valence-electron chi connectivity index (χ2n) is 6.56. The van der Waals surface area contributed by atoms with Gasteiger partial charge in [0.15, 0.2) is 0 Å². The molecule has 0 unspecified atom stereocenters. The Bertz CT molecular complexity index is 1100. The Kier molecular flexibility index (Phi) is 5.82. The Morgan fingerprint density at radius 2 is 1.72 bits per heavy atom. The summed E-state index contributed by atoms with van der Waals surface area (Å²) in [6, 6.07) is 15.0. The first-order chi connectivity index (χ1) is 13.8. The van der Waals surface area contributed by atoms with E-state index in [-0.39, 0.29) is 18.4 Å². The number of carbonyl (C=O) groups excluding carboxylic acids is 1. The summed E-state index contributed by atoms with van der Waals surface area (Å²) < 4.78 is 13.5. The van der Waals surface area contributed by atoms with Gasteiger partial charge < -0.3 is 10.4 Å². The van der Waals surface area contributed by atoms with Crippen molar-refractivity contribution in [1.82, 2.24) is 5.32 Å². The van der Waals surface area contributed by atoms with Crippen LogP contribution in [0, 0.1) is 15.9 Å². The number of carbonyl (C=O) groups is 2. The van der Waals surface area contributed by atoms with E-state index in [2.05, 4.69) is 5.32 Å². The van der Waals surface area contributed by atoms with Crippen molar-refractivity contribution in [3.63, 3.8) is 0 Å². The van der Waals surface area contributed by atoms with Crippen LogP contribution in [0.25, 0.3) is 10.8 Å². The first-order valence-electron chi connectivity index (χ1n) is 8.76. The van der Waals surface area contributed by atoms with Crippen molar-refractivity contribution in [3.05, 3.63) is 87.7 Å². The molecule has 0 saturated carbocycles. The molecule has 3 rings (SSSR count). The monoisotopic (exact) mass is 396 g/mol. The van der Waals surface area contributed by atoms with Crippen LogP contribution in [0.15, 0.2) is 60.7 Å². The van der Waals surface area contributed by atoms with E-state index >= 15 is 0 Å². The highest BCUT2D eigenvalue weighted by Gasteiger charge is 2.23. The summed E-state index contributed by atoms with van der Waals surface area (Å²) in [7, 11) is 0. The van der Waals surface area contributed by atoms with Gasteiger partial charge in [-0.2, -0.15) is 4.39 Å². The molecule has 3 aromatic rings. The first-order valence-corrected chi connectivity index (χ1v) is 8.76. The zero-order valence-corrected chi connectivity index (χ0v) is 15.2. The Morgan fingerprint density at radius 3 is 2.41 bits per heavy atom. The lowest BCUT2D eigenvalue weighted by atomic mass is 10.0. The number of nitro groups is 1. The van der Waals surface area contributed by atoms with Gasteiger partial charge in [-0.15, -0.1) is 0 Å². The minimum Gasteiger partial charge on any atom is -0.480 e. The van der Waals surface area contributed by atoms with Crippen molar-refractivity contribution in [1.29, 1.82) is 0 Å². The molecular formula is C21H17FN2O5. The van der Waals surface area contributed by atoms with Gasteiger partial charge in [0.1, 0.15) is 6.04 Å². The number of carboxylic acids is 1. The van der Waals surface area contributed by atoms with Gasteiger partial charge in [0, 0.05) is 12.5 Å². The van der Waals surface area contributed by atoms with E-state index in [4.69, 9.17) is 0 Å². The molecule has 7 nitrogen and oxygen atoms in total. The molecule has 1 amide bonds. The van der Waals surface area contributed by atoms with E-state index in [9.17, 15) is 29.2 Å². The van der Waals surface area contributed by atoms with Gasteiger partial charge in [-0.3, -0.25) is 14.9 Å². The lowest BCUT2D eigenvalue weighted by Crippen LogP contribution is -2.43. The fraction of sp³-hybridized carbons (Fsp3) is 0.143. The Hall–Kier alpha value is -3.81. The number of nitrogens with one attached hydrogen (secondary N) is 1. The normalized spacial score (nSPS) is 11.8. The summed E-state index contributed by atoms with van der Waals surface area (Å²) in [5.74, 6) is -2.79. The van der Waals surface area contributed by atoms with Gasteiger partial charge in [0.05, 0.1) is 11.3 Å².